The molecule has 1 saturated carbocycles. The lowest BCUT2D eigenvalue weighted by molar-refractivity contribution is -0.147. The Hall–Kier alpha value is -1.06. The predicted molar refractivity (Wildman–Crippen MR) is 66.6 cm³/mol. The zero-order valence-electron chi connectivity index (χ0n) is 9.62. The summed E-state index contributed by atoms with van der Waals surface area (Å²) < 4.78 is 5.18. The minimum atomic E-state index is -0.308. The van der Waals surface area contributed by atoms with Crippen molar-refractivity contribution in [2.24, 2.45) is 5.73 Å². The lowest BCUT2D eigenvalue weighted by atomic mass is 9.75. The Morgan fingerprint density at radius 1 is 1.35 bits per heavy atom. The number of hydrogen-bond donors (Lipinski definition) is 1. The van der Waals surface area contributed by atoms with Crippen LogP contribution in [-0.4, -0.2) is 11.5 Å². The first-order chi connectivity index (χ1) is 8.07. The van der Waals surface area contributed by atoms with Crippen LogP contribution in [0.2, 0.25) is 5.02 Å². The molecule has 0 radical (unpaired) electrons. The number of carbonyl (C=O) groups is 1. The van der Waals surface area contributed by atoms with Crippen molar-refractivity contribution < 1.29 is 9.53 Å². The van der Waals surface area contributed by atoms with Crippen LogP contribution in [0.4, 0.5) is 0 Å². The van der Waals surface area contributed by atoms with Crippen molar-refractivity contribution in [1.82, 2.24) is 0 Å². The number of esters is 1. The van der Waals surface area contributed by atoms with Gasteiger partial charge < -0.3 is 10.5 Å². The van der Waals surface area contributed by atoms with E-state index in [9.17, 15) is 4.79 Å². The van der Waals surface area contributed by atoms with E-state index in [1.165, 1.54) is 0 Å². The minimum absolute atomic E-state index is 0.220. The maximum atomic E-state index is 11.6. The van der Waals surface area contributed by atoms with Crippen LogP contribution in [0.25, 0.3) is 0 Å². The summed E-state index contributed by atoms with van der Waals surface area (Å²) in [5.41, 5.74) is 6.60. The van der Waals surface area contributed by atoms with Gasteiger partial charge in [-0.25, -0.2) is 0 Å². The molecule has 2 rings (SSSR count). The quantitative estimate of drug-likeness (QED) is 0.840. The first-order valence-corrected chi connectivity index (χ1v) is 6.14. The van der Waals surface area contributed by atoms with Crippen molar-refractivity contribution in [3.05, 3.63) is 34.9 Å². The number of ether oxygens (including phenoxy) is 1. The lowest BCUT2D eigenvalue weighted by Gasteiger charge is -2.37. The van der Waals surface area contributed by atoms with Gasteiger partial charge in [0.15, 0.2) is 0 Å². The van der Waals surface area contributed by atoms with Crippen LogP contribution in [-0.2, 0) is 16.1 Å². The van der Waals surface area contributed by atoms with E-state index >= 15 is 0 Å². The van der Waals surface area contributed by atoms with Crippen LogP contribution in [0.5, 0.6) is 0 Å². The molecule has 1 fully saturated rings. The van der Waals surface area contributed by atoms with Gasteiger partial charge in [-0.15, -0.1) is 0 Å². The first-order valence-electron chi connectivity index (χ1n) is 5.76. The molecule has 0 saturated heterocycles. The number of halogens is 1. The van der Waals surface area contributed by atoms with Gasteiger partial charge in [-0.05, 0) is 37.0 Å². The standard InChI is InChI=1S/C13H16ClNO2/c14-11-4-2-10(3-5-11)9-17-12(16)8-13(15)6-1-7-13/h2-5H,1,6-9,15H2. The van der Waals surface area contributed by atoms with Gasteiger partial charge in [-0.1, -0.05) is 23.7 Å². The Morgan fingerprint density at radius 3 is 2.53 bits per heavy atom. The summed E-state index contributed by atoms with van der Waals surface area (Å²) in [6.07, 6.45) is 3.27. The highest BCUT2D eigenvalue weighted by Gasteiger charge is 2.35. The highest BCUT2D eigenvalue weighted by molar-refractivity contribution is 6.30. The molecule has 1 aliphatic rings. The van der Waals surface area contributed by atoms with Crippen LogP contribution in [0.1, 0.15) is 31.2 Å². The van der Waals surface area contributed by atoms with Crippen molar-refractivity contribution in [2.75, 3.05) is 0 Å². The Bertz CT molecular complexity index is 398. The summed E-state index contributed by atoms with van der Waals surface area (Å²) in [4.78, 5) is 11.6. The summed E-state index contributed by atoms with van der Waals surface area (Å²) >= 11 is 5.76. The molecule has 0 aromatic heterocycles. The van der Waals surface area contributed by atoms with Gasteiger partial charge in [0.2, 0.25) is 0 Å². The van der Waals surface area contributed by atoms with E-state index in [1.54, 1.807) is 12.1 Å². The second-order valence-electron chi connectivity index (χ2n) is 4.68. The third-order valence-electron chi connectivity index (χ3n) is 3.16. The average molecular weight is 254 g/mol. The van der Waals surface area contributed by atoms with Gasteiger partial charge >= 0.3 is 5.97 Å². The van der Waals surface area contributed by atoms with Crippen molar-refractivity contribution in [3.63, 3.8) is 0 Å². The van der Waals surface area contributed by atoms with Gasteiger partial charge in [0.1, 0.15) is 6.61 Å². The fourth-order valence-corrected chi connectivity index (χ4v) is 2.02. The third-order valence-corrected chi connectivity index (χ3v) is 3.41. The van der Waals surface area contributed by atoms with Crippen LogP contribution in [0, 0.1) is 0 Å². The maximum absolute atomic E-state index is 11.6. The summed E-state index contributed by atoms with van der Waals surface area (Å²) in [5, 5.41) is 0.676. The highest BCUT2D eigenvalue weighted by Crippen LogP contribution is 2.32. The van der Waals surface area contributed by atoms with E-state index in [4.69, 9.17) is 22.1 Å². The van der Waals surface area contributed by atoms with Gasteiger partial charge in [-0.2, -0.15) is 0 Å². The second-order valence-corrected chi connectivity index (χ2v) is 5.12. The third kappa shape index (κ3) is 3.45. The summed E-state index contributed by atoms with van der Waals surface area (Å²) in [7, 11) is 0. The van der Waals surface area contributed by atoms with Gasteiger partial charge in [-0.3, -0.25) is 4.79 Å². The van der Waals surface area contributed by atoms with Crippen LogP contribution < -0.4 is 5.73 Å². The van der Waals surface area contributed by atoms with Crippen molar-refractivity contribution in [3.8, 4) is 0 Å². The smallest absolute Gasteiger partial charge is 0.307 e. The topological polar surface area (TPSA) is 52.3 Å². The summed E-state index contributed by atoms with van der Waals surface area (Å²) in [5.74, 6) is -0.220. The molecule has 92 valence electrons. The molecule has 2 N–H and O–H groups in total. The van der Waals surface area contributed by atoms with E-state index < -0.39 is 0 Å². The van der Waals surface area contributed by atoms with Gasteiger partial charge in [0.05, 0.1) is 6.42 Å². The molecule has 3 nitrogen and oxygen atoms in total. The van der Waals surface area contributed by atoms with E-state index in [0.717, 1.165) is 24.8 Å². The van der Waals surface area contributed by atoms with Gasteiger partial charge in [0, 0.05) is 10.6 Å². The number of carbonyl (C=O) groups excluding carboxylic acids is 1. The van der Waals surface area contributed by atoms with E-state index in [0.29, 0.717) is 11.4 Å². The Balaban J connectivity index is 1.78. The van der Waals surface area contributed by atoms with Crippen molar-refractivity contribution in [1.29, 1.82) is 0 Å². The monoisotopic (exact) mass is 253 g/mol. The fourth-order valence-electron chi connectivity index (χ4n) is 1.89. The molecular weight excluding hydrogens is 238 g/mol. The second kappa shape index (κ2) is 5.07. The molecule has 4 heteroatoms. The molecule has 1 aromatic rings. The molecule has 17 heavy (non-hydrogen) atoms. The fraction of sp³-hybridized carbons (Fsp3) is 0.462. The normalized spacial score (nSPS) is 17.3. The molecule has 0 atom stereocenters. The molecule has 0 spiro atoms. The average Bonchev–Trinajstić information content (AvgIpc) is 2.26. The molecule has 0 aliphatic heterocycles. The van der Waals surface area contributed by atoms with Crippen molar-refractivity contribution in [2.45, 2.75) is 37.8 Å². The largest absolute Gasteiger partial charge is 0.461 e. The Morgan fingerprint density at radius 2 is 2.00 bits per heavy atom. The number of rotatable bonds is 4. The van der Waals surface area contributed by atoms with Crippen LogP contribution >= 0.6 is 11.6 Å². The number of hydrogen-bond acceptors (Lipinski definition) is 3. The summed E-state index contributed by atoms with van der Waals surface area (Å²) in [6, 6.07) is 7.25. The van der Waals surface area contributed by atoms with Crippen LogP contribution in [0.3, 0.4) is 0 Å². The Kier molecular flexibility index (Phi) is 3.69. The molecule has 1 aliphatic carbocycles. The Labute approximate surface area is 106 Å². The zero-order chi connectivity index (χ0) is 12.3. The molecule has 1 aromatic carbocycles. The SMILES string of the molecule is NC1(CC(=O)OCc2ccc(Cl)cc2)CCC1. The number of nitrogens with two attached hydrogens (primary N) is 1. The summed E-state index contributed by atoms with van der Waals surface area (Å²) in [6.45, 7) is 0.284. The molecule has 0 heterocycles. The van der Waals surface area contributed by atoms with Crippen LogP contribution in [0.15, 0.2) is 24.3 Å². The first kappa shape index (κ1) is 12.4. The minimum Gasteiger partial charge on any atom is -0.461 e. The maximum Gasteiger partial charge on any atom is 0.307 e. The van der Waals surface area contributed by atoms with E-state index in [-0.39, 0.29) is 18.1 Å². The molecule has 0 unspecified atom stereocenters. The number of benzene rings is 1. The molecule has 0 amide bonds. The van der Waals surface area contributed by atoms with E-state index in [1.807, 2.05) is 12.1 Å². The molecule has 0 bridgehead atoms. The van der Waals surface area contributed by atoms with Gasteiger partial charge in [0.25, 0.3) is 0 Å². The lowest BCUT2D eigenvalue weighted by Crippen LogP contribution is -2.48. The van der Waals surface area contributed by atoms with E-state index in [2.05, 4.69) is 0 Å². The zero-order valence-corrected chi connectivity index (χ0v) is 10.4. The highest BCUT2D eigenvalue weighted by atomic mass is 35.5. The van der Waals surface area contributed by atoms with Crippen molar-refractivity contribution >= 4 is 17.6 Å². The predicted octanol–water partition coefficient (Wildman–Crippen LogP) is 2.65. The molecular formula is C13H16ClNO2.